The van der Waals surface area contributed by atoms with Gasteiger partial charge in [0.25, 0.3) is 0 Å². The van der Waals surface area contributed by atoms with E-state index in [1.807, 2.05) is 47.4 Å². The van der Waals surface area contributed by atoms with Gasteiger partial charge >= 0.3 is 0 Å². The zero-order valence-corrected chi connectivity index (χ0v) is 18.1. The molecule has 5 heteroatoms. The van der Waals surface area contributed by atoms with E-state index in [1.54, 1.807) is 0 Å². The van der Waals surface area contributed by atoms with Crippen LogP contribution in [-0.2, 0) is 24.4 Å². The van der Waals surface area contributed by atoms with Crippen LogP contribution in [0.15, 0.2) is 72.8 Å². The van der Waals surface area contributed by atoms with Crippen molar-refractivity contribution < 1.29 is 14.3 Å². The summed E-state index contributed by atoms with van der Waals surface area (Å²) in [4.78, 5) is 14.7. The van der Waals surface area contributed by atoms with Gasteiger partial charge in [-0.1, -0.05) is 60.7 Å². The van der Waals surface area contributed by atoms with Crippen molar-refractivity contribution >= 4 is 5.91 Å². The third-order valence-corrected chi connectivity index (χ3v) is 6.37. The third kappa shape index (κ3) is 4.21. The fraction of sp³-hybridized carbons (Fsp3) is 0.296. The van der Waals surface area contributed by atoms with Crippen molar-refractivity contribution in [3.05, 3.63) is 95.1 Å². The second-order valence-corrected chi connectivity index (χ2v) is 8.52. The molecular formula is C27H28N2O3. The van der Waals surface area contributed by atoms with E-state index in [2.05, 4.69) is 30.3 Å². The molecule has 0 saturated carbocycles. The van der Waals surface area contributed by atoms with E-state index in [0.717, 1.165) is 41.0 Å². The fourth-order valence-electron chi connectivity index (χ4n) is 4.71. The lowest BCUT2D eigenvalue weighted by molar-refractivity contribution is -0.138. The highest BCUT2D eigenvalue weighted by Crippen LogP contribution is 2.44. The molecule has 3 aromatic carbocycles. The van der Waals surface area contributed by atoms with Gasteiger partial charge < -0.3 is 20.1 Å². The molecule has 2 aliphatic heterocycles. The second kappa shape index (κ2) is 9.05. The van der Waals surface area contributed by atoms with Gasteiger partial charge in [0.1, 0.15) is 24.7 Å². The molecular weight excluding hydrogens is 400 g/mol. The maximum absolute atomic E-state index is 12.7. The number of nitrogens with two attached hydrogens (primary N) is 1. The summed E-state index contributed by atoms with van der Waals surface area (Å²) < 4.78 is 12.5. The van der Waals surface area contributed by atoms with E-state index in [4.69, 9.17) is 15.2 Å². The molecule has 2 heterocycles. The Kier molecular flexibility index (Phi) is 5.82. The highest BCUT2D eigenvalue weighted by atomic mass is 16.5. The number of amides is 1. The Morgan fingerprint density at radius 1 is 0.875 bits per heavy atom. The number of rotatable bonds is 6. The topological polar surface area (TPSA) is 64.8 Å². The Balaban J connectivity index is 1.45. The Morgan fingerprint density at radius 2 is 1.53 bits per heavy atom. The van der Waals surface area contributed by atoms with E-state index in [0.29, 0.717) is 26.2 Å². The first-order chi connectivity index (χ1) is 15.7. The Bertz CT molecular complexity index is 1080. The first-order valence-electron chi connectivity index (χ1n) is 11.3. The standard InChI is InChI=1S/C27H28N2O3/c28-23-11-12-24-26-21(13-14-29(24)27(23)30)15-22(31-17-19-7-3-1-4-8-19)16-25(26)32-18-20-9-5-2-6-10-20/h1-10,15-16,23-24H,11-14,17-18,28H2/t23-,24?/m0/s1. The number of benzene rings is 3. The molecule has 0 spiro atoms. The van der Waals surface area contributed by atoms with Crippen molar-refractivity contribution in [2.24, 2.45) is 5.73 Å². The predicted octanol–water partition coefficient (Wildman–Crippen LogP) is 4.39. The summed E-state index contributed by atoms with van der Waals surface area (Å²) in [5, 5.41) is 0. The van der Waals surface area contributed by atoms with Crippen molar-refractivity contribution in [2.45, 2.75) is 44.6 Å². The molecule has 1 amide bonds. The van der Waals surface area contributed by atoms with Gasteiger partial charge in [-0.3, -0.25) is 4.79 Å². The molecule has 1 unspecified atom stereocenters. The minimum atomic E-state index is -0.394. The number of fused-ring (bicyclic) bond motifs is 3. The fourth-order valence-corrected chi connectivity index (χ4v) is 4.71. The summed E-state index contributed by atoms with van der Waals surface area (Å²) in [7, 11) is 0. The lowest BCUT2D eigenvalue weighted by atomic mass is 9.84. The van der Waals surface area contributed by atoms with Crippen LogP contribution in [0.2, 0.25) is 0 Å². The minimum Gasteiger partial charge on any atom is -0.489 e. The molecule has 0 radical (unpaired) electrons. The summed E-state index contributed by atoms with van der Waals surface area (Å²) in [6.45, 7) is 1.65. The van der Waals surface area contributed by atoms with Gasteiger partial charge in [-0.25, -0.2) is 0 Å². The molecule has 0 aliphatic carbocycles. The molecule has 1 saturated heterocycles. The molecule has 2 N–H and O–H groups in total. The first kappa shape index (κ1) is 20.6. The Labute approximate surface area is 188 Å². The quantitative estimate of drug-likeness (QED) is 0.632. The van der Waals surface area contributed by atoms with Crippen LogP contribution in [-0.4, -0.2) is 23.4 Å². The molecule has 5 rings (SSSR count). The summed E-state index contributed by atoms with van der Waals surface area (Å²) in [6, 6.07) is 24.0. The highest BCUT2D eigenvalue weighted by Gasteiger charge is 2.39. The number of hydrogen-bond acceptors (Lipinski definition) is 4. The molecule has 3 aromatic rings. The summed E-state index contributed by atoms with van der Waals surface area (Å²) in [6.07, 6.45) is 2.32. The van der Waals surface area contributed by atoms with Crippen LogP contribution in [0.4, 0.5) is 0 Å². The number of carbonyl (C=O) groups excluding carboxylic acids is 1. The smallest absolute Gasteiger partial charge is 0.240 e. The molecule has 2 aliphatic rings. The SMILES string of the molecule is N[C@H]1CCC2c3c(cc(OCc4ccccc4)cc3OCc3ccccc3)CCN2C1=O. The lowest BCUT2D eigenvalue weighted by Crippen LogP contribution is -2.52. The maximum atomic E-state index is 12.7. The maximum Gasteiger partial charge on any atom is 0.240 e. The molecule has 2 atom stereocenters. The Morgan fingerprint density at radius 3 is 2.22 bits per heavy atom. The summed E-state index contributed by atoms with van der Waals surface area (Å²) in [5.74, 6) is 1.64. The van der Waals surface area contributed by atoms with Crippen molar-refractivity contribution in [1.29, 1.82) is 0 Å². The van der Waals surface area contributed by atoms with Crippen LogP contribution in [0.1, 0.15) is 41.1 Å². The molecule has 164 valence electrons. The molecule has 1 fully saturated rings. The average Bonchev–Trinajstić information content (AvgIpc) is 2.84. The normalized spacial score (nSPS) is 19.8. The monoisotopic (exact) mass is 428 g/mol. The van der Waals surface area contributed by atoms with Crippen molar-refractivity contribution in [2.75, 3.05) is 6.54 Å². The average molecular weight is 429 g/mol. The van der Waals surface area contributed by atoms with Gasteiger partial charge in [-0.15, -0.1) is 0 Å². The van der Waals surface area contributed by atoms with E-state index < -0.39 is 6.04 Å². The number of ether oxygens (including phenoxy) is 2. The molecule has 0 aromatic heterocycles. The molecule has 0 bridgehead atoms. The molecule has 32 heavy (non-hydrogen) atoms. The van der Waals surface area contributed by atoms with Crippen LogP contribution in [0.25, 0.3) is 0 Å². The van der Waals surface area contributed by atoms with Crippen LogP contribution in [0.5, 0.6) is 11.5 Å². The number of nitrogens with zero attached hydrogens (tertiary/aromatic N) is 1. The van der Waals surface area contributed by atoms with Crippen LogP contribution < -0.4 is 15.2 Å². The zero-order chi connectivity index (χ0) is 21.9. The van der Waals surface area contributed by atoms with Gasteiger partial charge in [0, 0.05) is 18.2 Å². The zero-order valence-electron chi connectivity index (χ0n) is 18.1. The van der Waals surface area contributed by atoms with E-state index >= 15 is 0 Å². The van der Waals surface area contributed by atoms with Gasteiger partial charge in [0.2, 0.25) is 5.91 Å². The van der Waals surface area contributed by atoms with E-state index in [9.17, 15) is 4.79 Å². The number of hydrogen-bond donors (Lipinski definition) is 1. The summed E-state index contributed by atoms with van der Waals surface area (Å²) in [5.41, 5.74) is 10.6. The second-order valence-electron chi connectivity index (χ2n) is 8.52. The van der Waals surface area contributed by atoms with Gasteiger partial charge in [0.15, 0.2) is 0 Å². The third-order valence-electron chi connectivity index (χ3n) is 6.37. The van der Waals surface area contributed by atoms with E-state index in [1.165, 1.54) is 5.56 Å². The van der Waals surface area contributed by atoms with Gasteiger partial charge in [-0.2, -0.15) is 0 Å². The highest BCUT2D eigenvalue weighted by molar-refractivity contribution is 5.83. The minimum absolute atomic E-state index is 0.0139. The number of carbonyl (C=O) groups is 1. The predicted molar refractivity (Wildman–Crippen MR) is 123 cm³/mol. The Hall–Kier alpha value is -3.31. The van der Waals surface area contributed by atoms with Crippen molar-refractivity contribution in [3.8, 4) is 11.5 Å². The van der Waals surface area contributed by atoms with Gasteiger partial charge in [-0.05, 0) is 42.0 Å². The largest absolute Gasteiger partial charge is 0.489 e. The van der Waals surface area contributed by atoms with Crippen LogP contribution >= 0.6 is 0 Å². The number of piperidine rings is 1. The van der Waals surface area contributed by atoms with Crippen molar-refractivity contribution in [1.82, 2.24) is 4.90 Å². The summed E-state index contributed by atoms with van der Waals surface area (Å²) >= 11 is 0. The van der Waals surface area contributed by atoms with Gasteiger partial charge in [0.05, 0.1) is 12.1 Å². The van der Waals surface area contributed by atoms with Crippen LogP contribution in [0.3, 0.4) is 0 Å². The molecule has 5 nitrogen and oxygen atoms in total. The first-order valence-corrected chi connectivity index (χ1v) is 11.3. The van der Waals surface area contributed by atoms with E-state index in [-0.39, 0.29) is 11.9 Å². The van der Waals surface area contributed by atoms with Crippen molar-refractivity contribution in [3.63, 3.8) is 0 Å². The lowest BCUT2D eigenvalue weighted by Gasteiger charge is -2.43. The van der Waals surface area contributed by atoms with Crippen LogP contribution in [0, 0.1) is 0 Å².